The lowest BCUT2D eigenvalue weighted by Crippen LogP contribution is -2.61. The standard InChI is InChI=1S/C58H59BN2O/c1-5-9-16-40-24-30-45(31-25-40)60-52-34-26-41(17-10-6-2)36-50(52)59-51-37-42(18-11-7-3)27-35-53(51)61(55-22-15-21-54(60)58(55)59)46-32-28-43(19-12-8-4)49(39-46)44-29-33-48-47-20-13-14-23-56(47)62-57(48)38-44/h13-15,20-39H,5-12,16-19H2,1-4H3. The second-order valence-corrected chi connectivity index (χ2v) is 17.8. The molecule has 8 aromatic rings. The van der Waals surface area contributed by atoms with Crippen LogP contribution in [0.4, 0.5) is 34.1 Å². The van der Waals surface area contributed by atoms with Gasteiger partial charge in [-0.05, 0) is 168 Å². The number of rotatable bonds is 15. The van der Waals surface area contributed by atoms with Crippen LogP contribution in [-0.2, 0) is 25.7 Å². The van der Waals surface area contributed by atoms with Crippen LogP contribution in [0.25, 0.3) is 33.1 Å². The van der Waals surface area contributed by atoms with Crippen molar-refractivity contribution < 1.29 is 4.42 Å². The number of para-hydroxylation sites is 1. The highest BCUT2D eigenvalue weighted by Crippen LogP contribution is 2.45. The second kappa shape index (κ2) is 17.4. The number of benzene rings is 7. The van der Waals surface area contributed by atoms with Crippen molar-refractivity contribution in [2.75, 3.05) is 9.80 Å². The Morgan fingerprint density at radius 2 is 1.00 bits per heavy atom. The third-order valence-electron chi connectivity index (χ3n) is 13.6. The minimum Gasteiger partial charge on any atom is -0.456 e. The molecule has 0 unspecified atom stereocenters. The number of aryl methyl sites for hydroxylation is 4. The van der Waals surface area contributed by atoms with Gasteiger partial charge < -0.3 is 14.2 Å². The Morgan fingerprint density at radius 3 is 1.66 bits per heavy atom. The second-order valence-electron chi connectivity index (χ2n) is 17.8. The Balaban J connectivity index is 1.18. The maximum Gasteiger partial charge on any atom is 0.252 e. The van der Waals surface area contributed by atoms with Crippen LogP contribution in [0.3, 0.4) is 0 Å². The maximum atomic E-state index is 6.47. The highest BCUT2D eigenvalue weighted by molar-refractivity contribution is 7.00. The van der Waals surface area contributed by atoms with Gasteiger partial charge in [0.05, 0.1) is 0 Å². The first kappa shape index (κ1) is 40.1. The van der Waals surface area contributed by atoms with Crippen molar-refractivity contribution in [2.45, 2.75) is 105 Å². The number of hydrogen-bond acceptors (Lipinski definition) is 3. The molecule has 7 aromatic carbocycles. The summed E-state index contributed by atoms with van der Waals surface area (Å²) in [5.41, 5.74) is 21.7. The third kappa shape index (κ3) is 7.22. The van der Waals surface area contributed by atoms with E-state index in [4.69, 9.17) is 4.42 Å². The number of fused-ring (bicyclic) bond motifs is 7. The van der Waals surface area contributed by atoms with Crippen LogP contribution in [0.1, 0.15) is 101 Å². The van der Waals surface area contributed by atoms with Crippen LogP contribution in [0, 0.1) is 0 Å². The minimum absolute atomic E-state index is 0.115. The van der Waals surface area contributed by atoms with E-state index in [9.17, 15) is 0 Å². The van der Waals surface area contributed by atoms with Gasteiger partial charge in [-0.2, -0.15) is 0 Å². The van der Waals surface area contributed by atoms with Gasteiger partial charge in [-0.1, -0.05) is 126 Å². The van der Waals surface area contributed by atoms with Crippen molar-refractivity contribution in [3.05, 3.63) is 162 Å². The fraction of sp³-hybridized carbons (Fsp3) is 0.276. The molecule has 0 bridgehead atoms. The van der Waals surface area contributed by atoms with E-state index in [1.165, 1.54) is 133 Å². The summed E-state index contributed by atoms with van der Waals surface area (Å²) in [6, 6.07) is 53.7. The number of nitrogens with zero attached hydrogens (tertiary/aromatic N) is 2. The van der Waals surface area contributed by atoms with Crippen LogP contribution < -0.4 is 26.2 Å². The summed E-state index contributed by atoms with van der Waals surface area (Å²) in [6.45, 7) is 9.29. The van der Waals surface area contributed by atoms with Crippen molar-refractivity contribution in [3.8, 4) is 11.1 Å². The monoisotopic (exact) mass is 810 g/mol. The lowest BCUT2D eigenvalue weighted by Gasteiger charge is -2.44. The largest absolute Gasteiger partial charge is 0.456 e. The molecule has 0 atom stereocenters. The summed E-state index contributed by atoms with van der Waals surface area (Å²) < 4.78 is 6.47. The molecule has 4 heteroatoms. The molecular formula is C58H59BN2O. The Hall–Kier alpha value is -6.00. The first-order valence-corrected chi connectivity index (χ1v) is 23.7. The molecule has 3 nitrogen and oxygen atoms in total. The fourth-order valence-electron chi connectivity index (χ4n) is 10.3. The molecule has 3 heterocycles. The van der Waals surface area contributed by atoms with Crippen molar-refractivity contribution in [1.29, 1.82) is 0 Å². The number of anilines is 6. The zero-order valence-electron chi connectivity index (χ0n) is 37.1. The minimum atomic E-state index is 0.115. The maximum absolute atomic E-state index is 6.47. The SMILES string of the molecule is CCCCc1ccc(N2c3ccc(CCCC)cc3B3c4cc(CCCC)ccc4N(c4ccc(CCCC)c(-c5ccc6c(c5)oc5ccccc56)c4)c4cccc2c43)cc1. The van der Waals surface area contributed by atoms with Crippen molar-refractivity contribution in [1.82, 2.24) is 0 Å². The molecular weight excluding hydrogens is 751 g/mol. The third-order valence-corrected chi connectivity index (χ3v) is 13.6. The number of hydrogen-bond donors (Lipinski definition) is 0. The number of unbranched alkanes of at least 4 members (excludes halogenated alkanes) is 4. The van der Waals surface area contributed by atoms with E-state index < -0.39 is 0 Å². The molecule has 1 aromatic heterocycles. The van der Waals surface area contributed by atoms with E-state index >= 15 is 0 Å². The van der Waals surface area contributed by atoms with E-state index in [2.05, 4.69) is 177 Å². The predicted molar refractivity (Wildman–Crippen MR) is 268 cm³/mol. The van der Waals surface area contributed by atoms with E-state index in [-0.39, 0.29) is 6.71 Å². The molecule has 10 rings (SSSR count). The van der Waals surface area contributed by atoms with Gasteiger partial charge in [-0.25, -0.2) is 0 Å². The van der Waals surface area contributed by atoms with Gasteiger partial charge in [0.15, 0.2) is 0 Å². The highest BCUT2D eigenvalue weighted by Gasteiger charge is 2.43. The average molecular weight is 811 g/mol. The quantitative estimate of drug-likeness (QED) is 0.0962. The van der Waals surface area contributed by atoms with Gasteiger partial charge in [0.25, 0.3) is 6.71 Å². The van der Waals surface area contributed by atoms with Crippen LogP contribution >= 0.6 is 0 Å². The Morgan fingerprint density at radius 1 is 0.435 bits per heavy atom. The lowest BCUT2D eigenvalue weighted by molar-refractivity contribution is 0.669. The normalized spacial score (nSPS) is 12.9. The van der Waals surface area contributed by atoms with Crippen LogP contribution in [0.15, 0.2) is 144 Å². The van der Waals surface area contributed by atoms with Crippen LogP contribution in [0.5, 0.6) is 0 Å². The van der Waals surface area contributed by atoms with Gasteiger partial charge >= 0.3 is 0 Å². The summed E-state index contributed by atoms with van der Waals surface area (Å²) in [7, 11) is 0. The topological polar surface area (TPSA) is 19.6 Å². The smallest absolute Gasteiger partial charge is 0.252 e. The van der Waals surface area contributed by atoms with Gasteiger partial charge in [0, 0.05) is 44.9 Å². The molecule has 0 radical (unpaired) electrons. The average Bonchev–Trinajstić information content (AvgIpc) is 3.69. The van der Waals surface area contributed by atoms with E-state index in [1.54, 1.807) is 0 Å². The van der Waals surface area contributed by atoms with Crippen molar-refractivity contribution >= 4 is 79.2 Å². The van der Waals surface area contributed by atoms with Crippen molar-refractivity contribution in [2.24, 2.45) is 0 Å². The highest BCUT2D eigenvalue weighted by atomic mass is 16.3. The molecule has 0 amide bonds. The van der Waals surface area contributed by atoms with Crippen molar-refractivity contribution in [3.63, 3.8) is 0 Å². The van der Waals surface area contributed by atoms with E-state index in [0.717, 1.165) is 49.7 Å². The Kier molecular flexibility index (Phi) is 11.3. The van der Waals surface area contributed by atoms with Gasteiger partial charge in [0.1, 0.15) is 11.2 Å². The molecule has 0 spiro atoms. The number of furan rings is 1. The first-order valence-electron chi connectivity index (χ1n) is 23.7. The van der Waals surface area contributed by atoms with Gasteiger partial charge in [0.2, 0.25) is 0 Å². The summed E-state index contributed by atoms with van der Waals surface area (Å²) >= 11 is 0. The zero-order valence-corrected chi connectivity index (χ0v) is 37.1. The molecule has 0 N–H and O–H groups in total. The molecule has 62 heavy (non-hydrogen) atoms. The first-order chi connectivity index (χ1) is 30.6. The molecule has 0 saturated carbocycles. The van der Waals surface area contributed by atoms with Gasteiger partial charge in [-0.15, -0.1) is 0 Å². The van der Waals surface area contributed by atoms with E-state index in [0.29, 0.717) is 0 Å². The van der Waals surface area contributed by atoms with Gasteiger partial charge in [-0.3, -0.25) is 0 Å². The summed E-state index contributed by atoms with van der Waals surface area (Å²) in [5, 5.41) is 2.33. The molecule has 2 aliphatic rings. The summed E-state index contributed by atoms with van der Waals surface area (Å²) in [4.78, 5) is 5.14. The summed E-state index contributed by atoms with van der Waals surface area (Å²) in [5.74, 6) is 0. The molecule has 310 valence electrons. The van der Waals surface area contributed by atoms with E-state index in [1.807, 2.05) is 0 Å². The fourth-order valence-corrected chi connectivity index (χ4v) is 10.3. The molecule has 0 saturated heterocycles. The van der Waals surface area contributed by atoms with Crippen LogP contribution in [-0.4, -0.2) is 6.71 Å². The predicted octanol–water partition coefficient (Wildman–Crippen LogP) is 14.7. The molecule has 0 aliphatic carbocycles. The van der Waals surface area contributed by atoms with Crippen LogP contribution in [0.2, 0.25) is 0 Å². The molecule has 2 aliphatic heterocycles. The Bertz CT molecular complexity index is 2890. The Labute approximate surface area is 369 Å². The lowest BCUT2D eigenvalue weighted by atomic mass is 9.33. The summed E-state index contributed by atoms with van der Waals surface area (Å²) in [6.07, 6.45) is 13.8. The molecule has 0 fully saturated rings. The zero-order chi connectivity index (χ0) is 42.2.